The van der Waals surface area contributed by atoms with Crippen LogP contribution in [0.2, 0.25) is 10.0 Å². The summed E-state index contributed by atoms with van der Waals surface area (Å²) in [5.74, 6) is 0.226. The van der Waals surface area contributed by atoms with Crippen molar-refractivity contribution in [2.45, 2.75) is 0 Å². The summed E-state index contributed by atoms with van der Waals surface area (Å²) in [6, 6.07) is 12.2. The number of aromatic hydroxyl groups is 1. The van der Waals surface area contributed by atoms with Gasteiger partial charge in [-0.2, -0.15) is 0 Å². The molecule has 76 valence electrons. The van der Waals surface area contributed by atoms with Crippen LogP contribution in [0.15, 0.2) is 42.5 Å². The molecule has 0 aliphatic heterocycles. The standard InChI is InChI=1S/C12H8Cl2O/c13-10-4-9(5-11(14)7-10)8-2-1-3-12(15)6-8/h1-7,15H. The molecule has 0 aliphatic carbocycles. The molecule has 1 N–H and O–H groups in total. The Hall–Kier alpha value is -1.18. The molecule has 0 saturated carbocycles. The summed E-state index contributed by atoms with van der Waals surface area (Å²) >= 11 is 11.8. The van der Waals surface area contributed by atoms with Crippen molar-refractivity contribution in [1.29, 1.82) is 0 Å². The third-order valence-electron chi connectivity index (χ3n) is 2.04. The first-order valence-corrected chi connectivity index (χ1v) is 5.16. The Bertz CT molecular complexity index is 474. The molecule has 15 heavy (non-hydrogen) atoms. The van der Waals surface area contributed by atoms with Gasteiger partial charge in [-0.3, -0.25) is 0 Å². The summed E-state index contributed by atoms with van der Waals surface area (Å²) < 4.78 is 0. The average Bonchev–Trinajstić information content (AvgIpc) is 2.16. The molecule has 0 spiro atoms. The lowest BCUT2D eigenvalue weighted by Crippen LogP contribution is -1.78. The molecule has 3 heteroatoms. The molecule has 2 rings (SSSR count). The maximum Gasteiger partial charge on any atom is 0.116 e. The topological polar surface area (TPSA) is 20.2 Å². The quantitative estimate of drug-likeness (QED) is 0.783. The van der Waals surface area contributed by atoms with Crippen LogP contribution in [0.5, 0.6) is 5.75 Å². The van der Waals surface area contributed by atoms with E-state index in [1.54, 1.807) is 24.3 Å². The smallest absolute Gasteiger partial charge is 0.116 e. The Labute approximate surface area is 97.9 Å². The lowest BCUT2D eigenvalue weighted by atomic mass is 10.1. The average molecular weight is 239 g/mol. The normalized spacial score (nSPS) is 10.3. The monoisotopic (exact) mass is 238 g/mol. The van der Waals surface area contributed by atoms with Gasteiger partial charge in [0.1, 0.15) is 5.75 Å². The van der Waals surface area contributed by atoms with Gasteiger partial charge in [-0.15, -0.1) is 0 Å². The lowest BCUT2D eigenvalue weighted by Gasteiger charge is -2.03. The number of benzene rings is 2. The fourth-order valence-corrected chi connectivity index (χ4v) is 1.93. The molecule has 0 heterocycles. The maximum atomic E-state index is 9.35. The highest BCUT2D eigenvalue weighted by molar-refractivity contribution is 6.35. The van der Waals surface area contributed by atoms with Crippen LogP contribution in [0.3, 0.4) is 0 Å². The zero-order chi connectivity index (χ0) is 10.8. The molecule has 2 aromatic carbocycles. The highest BCUT2D eigenvalue weighted by atomic mass is 35.5. The van der Waals surface area contributed by atoms with E-state index in [9.17, 15) is 5.11 Å². The highest BCUT2D eigenvalue weighted by Gasteiger charge is 2.01. The summed E-state index contributed by atoms with van der Waals surface area (Å²) in [4.78, 5) is 0. The first-order valence-electron chi connectivity index (χ1n) is 4.40. The van der Waals surface area contributed by atoms with E-state index in [4.69, 9.17) is 23.2 Å². The van der Waals surface area contributed by atoms with E-state index in [0.29, 0.717) is 10.0 Å². The molecule has 0 saturated heterocycles. The van der Waals surface area contributed by atoms with E-state index in [-0.39, 0.29) is 5.75 Å². The molecule has 0 radical (unpaired) electrons. The number of rotatable bonds is 1. The van der Waals surface area contributed by atoms with Gasteiger partial charge in [-0.1, -0.05) is 35.3 Å². The zero-order valence-corrected chi connectivity index (χ0v) is 9.26. The molecular weight excluding hydrogens is 231 g/mol. The van der Waals surface area contributed by atoms with Gasteiger partial charge >= 0.3 is 0 Å². The fraction of sp³-hybridized carbons (Fsp3) is 0. The molecular formula is C12H8Cl2O. The predicted octanol–water partition coefficient (Wildman–Crippen LogP) is 4.37. The maximum absolute atomic E-state index is 9.35. The Morgan fingerprint density at radius 2 is 1.47 bits per heavy atom. The summed E-state index contributed by atoms with van der Waals surface area (Å²) in [5.41, 5.74) is 1.78. The van der Waals surface area contributed by atoms with Gasteiger partial charge in [-0.05, 0) is 41.5 Å². The highest BCUT2D eigenvalue weighted by Crippen LogP contribution is 2.28. The summed E-state index contributed by atoms with van der Waals surface area (Å²) in [7, 11) is 0. The van der Waals surface area contributed by atoms with Crippen LogP contribution in [-0.4, -0.2) is 5.11 Å². The van der Waals surface area contributed by atoms with E-state index >= 15 is 0 Å². The Morgan fingerprint density at radius 1 is 0.800 bits per heavy atom. The van der Waals surface area contributed by atoms with Crippen molar-refractivity contribution in [1.82, 2.24) is 0 Å². The summed E-state index contributed by atoms with van der Waals surface area (Å²) in [6.45, 7) is 0. The lowest BCUT2D eigenvalue weighted by molar-refractivity contribution is 0.475. The SMILES string of the molecule is Oc1cccc(-c2cc(Cl)cc(Cl)c2)c1. The van der Waals surface area contributed by atoms with Crippen molar-refractivity contribution in [2.75, 3.05) is 0 Å². The molecule has 0 atom stereocenters. The predicted molar refractivity (Wildman–Crippen MR) is 63.6 cm³/mol. The number of hydrogen-bond donors (Lipinski definition) is 1. The van der Waals surface area contributed by atoms with Crippen molar-refractivity contribution in [2.24, 2.45) is 0 Å². The molecule has 0 amide bonds. The molecule has 0 fully saturated rings. The molecule has 0 aliphatic rings. The van der Waals surface area contributed by atoms with Crippen LogP contribution >= 0.6 is 23.2 Å². The van der Waals surface area contributed by atoms with E-state index in [1.807, 2.05) is 18.2 Å². The van der Waals surface area contributed by atoms with Crippen LogP contribution in [-0.2, 0) is 0 Å². The van der Waals surface area contributed by atoms with Gasteiger partial charge in [0, 0.05) is 10.0 Å². The minimum atomic E-state index is 0.226. The van der Waals surface area contributed by atoms with Crippen molar-refractivity contribution in [3.8, 4) is 16.9 Å². The van der Waals surface area contributed by atoms with Crippen LogP contribution in [0, 0.1) is 0 Å². The third kappa shape index (κ3) is 2.44. The van der Waals surface area contributed by atoms with Gasteiger partial charge in [0.05, 0.1) is 0 Å². The second-order valence-corrected chi connectivity index (χ2v) is 4.08. The van der Waals surface area contributed by atoms with Crippen LogP contribution in [0.4, 0.5) is 0 Å². The summed E-state index contributed by atoms with van der Waals surface area (Å²) in [6.07, 6.45) is 0. The second kappa shape index (κ2) is 4.13. The van der Waals surface area contributed by atoms with Crippen LogP contribution < -0.4 is 0 Å². The van der Waals surface area contributed by atoms with Crippen LogP contribution in [0.1, 0.15) is 0 Å². The zero-order valence-electron chi connectivity index (χ0n) is 7.74. The van der Waals surface area contributed by atoms with Crippen molar-refractivity contribution in [3.05, 3.63) is 52.5 Å². The third-order valence-corrected chi connectivity index (χ3v) is 2.48. The number of phenols is 1. The molecule has 2 aromatic rings. The Morgan fingerprint density at radius 3 is 2.07 bits per heavy atom. The van der Waals surface area contributed by atoms with E-state index in [0.717, 1.165) is 11.1 Å². The van der Waals surface area contributed by atoms with E-state index in [1.165, 1.54) is 0 Å². The van der Waals surface area contributed by atoms with Gasteiger partial charge in [0.15, 0.2) is 0 Å². The Kier molecular flexibility index (Phi) is 2.85. The molecule has 1 nitrogen and oxygen atoms in total. The summed E-state index contributed by atoms with van der Waals surface area (Å²) in [5, 5.41) is 10.5. The minimum absolute atomic E-state index is 0.226. The first kappa shape index (κ1) is 10.3. The van der Waals surface area contributed by atoms with E-state index < -0.39 is 0 Å². The number of phenolic OH excluding ortho intramolecular Hbond substituents is 1. The fourth-order valence-electron chi connectivity index (χ4n) is 1.41. The Balaban J connectivity index is 2.54. The van der Waals surface area contributed by atoms with Gasteiger partial charge in [0.2, 0.25) is 0 Å². The van der Waals surface area contributed by atoms with Crippen LogP contribution in [0.25, 0.3) is 11.1 Å². The van der Waals surface area contributed by atoms with Crippen molar-refractivity contribution >= 4 is 23.2 Å². The van der Waals surface area contributed by atoms with Gasteiger partial charge < -0.3 is 5.11 Å². The van der Waals surface area contributed by atoms with Gasteiger partial charge in [-0.25, -0.2) is 0 Å². The molecule has 0 bridgehead atoms. The first-order chi connectivity index (χ1) is 7.15. The van der Waals surface area contributed by atoms with E-state index in [2.05, 4.69) is 0 Å². The largest absolute Gasteiger partial charge is 0.508 e. The number of hydrogen-bond acceptors (Lipinski definition) is 1. The minimum Gasteiger partial charge on any atom is -0.508 e. The van der Waals surface area contributed by atoms with Crippen molar-refractivity contribution in [3.63, 3.8) is 0 Å². The molecule has 0 unspecified atom stereocenters. The second-order valence-electron chi connectivity index (χ2n) is 3.21. The molecule has 0 aromatic heterocycles. The van der Waals surface area contributed by atoms with Crippen molar-refractivity contribution < 1.29 is 5.11 Å². The number of halogens is 2. The van der Waals surface area contributed by atoms with Gasteiger partial charge in [0.25, 0.3) is 0 Å².